The molecular weight excluding hydrogens is 192 g/mol. The Hall–Kier alpha value is -0.390. The van der Waals surface area contributed by atoms with Crippen molar-refractivity contribution >= 4 is 0 Å². The predicted octanol–water partition coefficient (Wildman–Crippen LogP) is 4.23. The van der Waals surface area contributed by atoms with Crippen molar-refractivity contribution in [3.05, 3.63) is 17.6 Å². The van der Waals surface area contributed by atoms with Crippen LogP contribution in [0.15, 0.2) is 11.1 Å². The first-order valence-electron chi connectivity index (χ1n) is 7.38. The third kappa shape index (κ3) is 1.04. The summed E-state index contributed by atoms with van der Waals surface area (Å²) in [6.45, 7) is 4.73. The second-order valence-corrected chi connectivity index (χ2v) is 6.51. The molecule has 0 amide bonds. The minimum Gasteiger partial charge on any atom is -0.0696 e. The van der Waals surface area contributed by atoms with E-state index in [2.05, 4.69) is 20.3 Å². The molecule has 6 atom stereocenters. The molecule has 0 spiro atoms. The molecular formula is C16H23+. The third-order valence-electron chi connectivity index (χ3n) is 6.05. The van der Waals surface area contributed by atoms with Crippen LogP contribution in [0.25, 0.3) is 0 Å². The van der Waals surface area contributed by atoms with E-state index in [0.29, 0.717) is 0 Å². The summed E-state index contributed by atoms with van der Waals surface area (Å²) in [5.74, 6) is 6.31. The topological polar surface area (TPSA) is 0 Å². The Balaban J connectivity index is 1.68. The Kier molecular flexibility index (Phi) is 1.86. The van der Waals surface area contributed by atoms with Gasteiger partial charge in [0.1, 0.15) is 5.92 Å². The molecule has 0 heterocycles. The minimum atomic E-state index is 0.967. The molecule has 0 aromatic rings. The maximum atomic E-state index is 2.55. The Bertz CT molecular complexity index is 345. The number of rotatable bonds is 2. The van der Waals surface area contributed by atoms with E-state index in [1.807, 2.05) is 11.1 Å². The van der Waals surface area contributed by atoms with Gasteiger partial charge >= 0.3 is 0 Å². The number of hydrogen-bond donors (Lipinski definition) is 0. The lowest BCUT2D eigenvalue weighted by Gasteiger charge is -2.21. The van der Waals surface area contributed by atoms with Gasteiger partial charge in [-0.15, -0.1) is 0 Å². The molecule has 4 aliphatic carbocycles. The van der Waals surface area contributed by atoms with E-state index in [9.17, 15) is 0 Å². The minimum absolute atomic E-state index is 0.967. The number of hydrogen-bond acceptors (Lipinski definition) is 0. The molecule has 16 heavy (non-hydrogen) atoms. The summed E-state index contributed by atoms with van der Waals surface area (Å²) in [6.07, 6.45) is 9.95. The lowest BCUT2D eigenvalue weighted by atomic mass is 9.81. The summed E-state index contributed by atoms with van der Waals surface area (Å²) in [5, 5.41) is 0. The fourth-order valence-electron chi connectivity index (χ4n) is 5.37. The molecule has 0 N–H and O–H groups in total. The summed E-state index contributed by atoms with van der Waals surface area (Å²) in [4.78, 5) is 0. The zero-order chi connectivity index (χ0) is 10.9. The van der Waals surface area contributed by atoms with E-state index in [1.165, 1.54) is 32.1 Å². The van der Waals surface area contributed by atoms with Gasteiger partial charge in [0.05, 0.1) is 13.3 Å². The van der Waals surface area contributed by atoms with Gasteiger partial charge in [0.2, 0.25) is 0 Å². The molecule has 86 valence electrons. The van der Waals surface area contributed by atoms with E-state index in [4.69, 9.17) is 0 Å². The van der Waals surface area contributed by atoms with E-state index >= 15 is 0 Å². The second kappa shape index (κ2) is 3.09. The predicted molar refractivity (Wildman–Crippen MR) is 66.7 cm³/mol. The van der Waals surface area contributed by atoms with Crippen LogP contribution < -0.4 is 0 Å². The van der Waals surface area contributed by atoms with Crippen LogP contribution in [-0.4, -0.2) is 0 Å². The molecule has 0 saturated heterocycles. The van der Waals surface area contributed by atoms with Crippen molar-refractivity contribution in [2.45, 2.75) is 46.0 Å². The molecule has 4 rings (SSSR count). The highest BCUT2D eigenvalue weighted by Gasteiger charge is 2.69. The van der Waals surface area contributed by atoms with Gasteiger partial charge in [0, 0.05) is 11.8 Å². The zero-order valence-electron chi connectivity index (χ0n) is 10.6. The monoisotopic (exact) mass is 215 g/mol. The van der Waals surface area contributed by atoms with E-state index in [1.54, 1.807) is 0 Å². The highest BCUT2D eigenvalue weighted by molar-refractivity contribution is 5.46. The molecule has 0 heteroatoms. The van der Waals surface area contributed by atoms with Crippen LogP contribution in [0, 0.1) is 41.9 Å². The molecule has 0 aliphatic heterocycles. The average molecular weight is 215 g/mol. The van der Waals surface area contributed by atoms with Gasteiger partial charge in [0.15, 0.2) is 0 Å². The first-order valence-corrected chi connectivity index (χ1v) is 7.38. The maximum absolute atomic E-state index is 2.55. The molecule has 4 unspecified atom stereocenters. The summed E-state index contributed by atoms with van der Waals surface area (Å²) >= 11 is 0. The van der Waals surface area contributed by atoms with Crippen molar-refractivity contribution in [2.24, 2.45) is 35.5 Å². The van der Waals surface area contributed by atoms with Crippen molar-refractivity contribution in [2.75, 3.05) is 0 Å². The van der Waals surface area contributed by atoms with Gasteiger partial charge in [-0.25, -0.2) is 0 Å². The molecule has 4 aliphatic rings. The summed E-state index contributed by atoms with van der Waals surface area (Å²) < 4.78 is 0. The zero-order valence-corrected chi connectivity index (χ0v) is 10.6. The molecule has 0 nitrogen and oxygen atoms in total. The lowest BCUT2D eigenvalue weighted by Crippen LogP contribution is -2.18. The Morgan fingerprint density at radius 1 is 1.19 bits per heavy atom. The Labute approximate surface area is 99.5 Å². The van der Waals surface area contributed by atoms with Crippen LogP contribution in [0.2, 0.25) is 0 Å². The summed E-state index contributed by atoms with van der Waals surface area (Å²) in [6, 6.07) is 0. The largest absolute Gasteiger partial charge is 0.108 e. The fourth-order valence-corrected chi connectivity index (χ4v) is 5.37. The van der Waals surface area contributed by atoms with Crippen molar-refractivity contribution < 1.29 is 0 Å². The van der Waals surface area contributed by atoms with Gasteiger partial charge in [-0.05, 0) is 43.4 Å². The standard InChI is InChI=1S/C16H23/c1-3-9-7-8-12-11(4-2)15-14(10-5-6-10)16(15)13(9)12/h4,9,11-13,15-16H,3,5-8H2,1-2H3/q+1/t9?,11-,12-,13?,15?,16?/m0/s1. The van der Waals surface area contributed by atoms with Gasteiger partial charge < -0.3 is 0 Å². The molecule has 4 fully saturated rings. The third-order valence-corrected chi connectivity index (χ3v) is 6.05. The molecule has 0 aromatic carbocycles. The summed E-state index contributed by atoms with van der Waals surface area (Å²) in [5.41, 5.74) is 3.84. The Morgan fingerprint density at radius 2 is 2.00 bits per heavy atom. The van der Waals surface area contributed by atoms with Crippen molar-refractivity contribution in [3.8, 4) is 0 Å². The van der Waals surface area contributed by atoms with Crippen molar-refractivity contribution in [1.82, 2.24) is 0 Å². The Morgan fingerprint density at radius 3 is 2.62 bits per heavy atom. The maximum Gasteiger partial charge on any atom is 0.108 e. The first-order chi connectivity index (χ1) is 7.86. The highest BCUT2D eigenvalue weighted by Crippen LogP contribution is 2.73. The second-order valence-electron chi connectivity index (χ2n) is 6.51. The SMILES string of the molecule is C[CH+][C@@H]1C2C(=C3CC3)C2C2C(CC)CC[C@H]21. The van der Waals surface area contributed by atoms with Crippen LogP contribution in [0.1, 0.15) is 46.0 Å². The lowest BCUT2D eigenvalue weighted by molar-refractivity contribution is 0.289. The number of allylic oxidation sites excluding steroid dienone is 2. The normalized spacial score (nSPS) is 52.6. The smallest absolute Gasteiger partial charge is 0.0696 e. The first kappa shape index (κ1) is 9.62. The molecule has 4 saturated carbocycles. The van der Waals surface area contributed by atoms with Gasteiger partial charge in [0.25, 0.3) is 0 Å². The van der Waals surface area contributed by atoms with Crippen LogP contribution in [0.3, 0.4) is 0 Å². The molecule has 0 aromatic heterocycles. The van der Waals surface area contributed by atoms with Gasteiger partial charge in [-0.2, -0.15) is 0 Å². The van der Waals surface area contributed by atoms with E-state index in [-0.39, 0.29) is 0 Å². The van der Waals surface area contributed by atoms with Crippen LogP contribution >= 0.6 is 0 Å². The van der Waals surface area contributed by atoms with Crippen LogP contribution in [-0.2, 0) is 0 Å². The van der Waals surface area contributed by atoms with Gasteiger partial charge in [-0.1, -0.05) is 24.5 Å². The quantitative estimate of drug-likeness (QED) is 0.477. The van der Waals surface area contributed by atoms with Gasteiger partial charge in [-0.3, -0.25) is 0 Å². The fraction of sp³-hybridized carbons (Fsp3) is 0.812. The van der Waals surface area contributed by atoms with Crippen molar-refractivity contribution in [3.63, 3.8) is 0 Å². The highest BCUT2D eigenvalue weighted by atomic mass is 14.7. The van der Waals surface area contributed by atoms with Crippen LogP contribution in [0.5, 0.6) is 0 Å². The van der Waals surface area contributed by atoms with Crippen molar-refractivity contribution in [1.29, 1.82) is 0 Å². The average Bonchev–Trinajstić information content (AvgIpc) is 3.16. The summed E-state index contributed by atoms with van der Waals surface area (Å²) in [7, 11) is 0. The van der Waals surface area contributed by atoms with E-state index < -0.39 is 0 Å². The molecule has 0 bridgehead atoms. The van der Waals surface area contributed by atoms with Crippen LogP contribution in [0.4, 0.5) is 0 Å². The van der Waals surface area contributed by atoms with E-state index in [0.717, 1.165) is 35.5 Å². The molecule has 0 radical (unpaired) electrons. The number of fused-ring (bicyclic) bond motifs is 3.